The number of aromatic nitrogens is 2. The average Bonchev–Trinajstić information content (AvgIpc) is 2.92. The third-order valence-corrected chi connectivity index (χ3v) is 2.34. The minimum Gasteiger partial charge on any atom is -0.481 e. The molecule has 2 rings (SSSR count). The van der Waals surface area contributed by atoms with Crippen molar-refractivity contribution in [3.05, 3.63) is 18.0 Å². The van der Waals surface area contributed by atoms with Gasteiger partial charge in [0.15, 0.2) is 0 Å². The molecule has 0 aromatic carbocycles. The van der Waals surface area contributed by atoms with E-state index in [1.165, 1.54) is 4.68 Å². The van der Waals surface area contributed by atoms with Crippen LogP contribution in [0.5, 0.6) is 0 Å². The van der Waals surface area contributed by atoms with E-state index < -0.39 is 5.97 Å². The maximum atomic E-state index is 11.5. The van der Waals surface area contributed by atoms with Crippen LogP contribution in [0, 0.1) is 0 Å². The molecule has 1 saturated carbocycles. The SMILES string of the molecule is O=C(O)CCn1ccc(C(=O)NC2CC2)n1. The molecule has 0 aliphatic heterocycles. The van der Waals surface area contributed by atoms with Crippen molar-refractivity contribution in [1.29, 1.82) is 0 Å². The van der Waals surface area contributed by atoms with Gasteiger partial charge in [-0.3, -0.25) is 14.3 Å². The molecule has 0 spiro atoms. The number of carbonyl (C=O) groups is 2. The van der Waals surface area contributed by atoms with Gasteiger partial charge in [0, 0.05) is 12.2 Å². The number of carboxylic acids is 1. The first-order valence-corrected chi connectivity index (χ1v) is 5.21. The molecule has 86 valence electrons. The lowest BCUT2D eigenvalue weighted by Gasteiger charge is -1.99. The molecular weight excluding hydrogens is 210 g/mol. The Morgan fingerprint density at radius 2 is 2.31 bits per heavy atom. The van der Waals surface area contributed by atoms with E-state index in [-0.39, 0.29) is 18.9 Å². The first kappa shape index (κ1) is 10.7. The van der Waals surface area contributed by atoms with Crippen molar-refractivity contribution in [3.63, 3.8) is 0 Å². The topological polar surface area (TPSA) is 84.2 Å². The lowest BCUT2D eigenvalue weighted by molar-refractivity contribution is -0.137. The summed E-state index contributed by atoms with van der Waals surface area (Å²) in [5.41, 5.74) is 0.345. The summed E-state index contributed by atoms with van der Waals surface area (Å²) in [6.45, 7) is 0.284. The predicted octanol–water partition coefficient (Wildman–Crippen LogP) is 0.250. The van der Waals surface area contributed by atoms with E-state index in [0.29, 0.717) is 11.7 Å². The number of amides is 1. The zero-order valence-corrected chi connectivity index (χ0v) is 8.72. The van der Waals surface area contributed by atoms with E-state index in [0.717, 1.165) is 12.8 Å². The van der Waals surface area contributed by atoms with Gasteiger partial charge in [0.2, 0.25) is 0 Å². The van der Waals surface area contributed by atoms with Gasteiger partial charge in [-0.15, -0.1) is 0 Å². The van der Waals surface area contributed by atoms with Gasteiger partial charge in [-0.05, 0) is 18.9 Å². The molecule has 16 heavy (non-hydrogen) atoms. The number of carbonyl (C=O) groups excluding carboxylic acids is 1. The summed E-state index contributed by atoms with van der Waals surface area (Å²) in [5.74, 6) is -1.06. The summed E-state index contributed by atoms with van der Waals surface area (Å²) in [6, 6.07) is 1.90. The Bertz CT molecular complexity index is 409. The van der Waals surface area contributed by atoms with Crippen molar-refractivity contribution in [2.45, 2.75) is 31.8 Å². The third-order valence-electron chi connectivity index (χ3n) is 2.34. The van der Waals surface area contributed by atoms with Crippen LogP contribution >= 0.6 is 0 Å². The molecule has 6 heteroatoms. The number of carboxylic acid groups (broad SMARTS) is 1. The molecule has 1 fully saturated rings. The Morgan fingerprint density at radius 3 is 2.94 bits per heavy atom. The molecule has 0 atom stereocenters. The molecular formula is C10H13N3O3. The van der Waals surface area contributed by atoms with E-state index in [4.69, 9.17) is 5.11 Å². The standard InChI is InChI=1S/C10H13N3O3/c14-9(15)4-6-13-5-3-8(12-13)10(16)11-7-1-2-7/h3,5,7H,1-2,4,6H2,(H,11,16)(H,14,15). The van der Waals surface area contributed by atoms with E-state index in [2.05, 4.69) is 10.4 Å². The number of hydrogen-bond acceptors (Lipinski definition) is 3. The molecule has 0 bridgehead atoms. The van der Waals surface area contributed by atoms with Crippen LogP contribution < -0.4 is 5.32 Å². The smallest absolute Gasteiger partial charge is 0.305 e. The Balaban J connectivity index is 1.90. The lowest BCUT2D eigenvalue weighted by atomic mass is 10.4. The first-order chi connectivity index (χ1) is 7.65. The number of rotatable bonds is 5. The largest absolute Gasteiger partial charge is 0.481 e. The Labute approximate surface area is 92.3 Å². The highest BCUT2D eigenvalue weighted by molar-refractivity contribution is 5.92. The average molecular weight is 223 g/mol. The molecule has 2 N–H and O–H groups in total. The van der Waals surface area contributed by atoms with Crippen molar-refractivity contribution >= 4 is 11.9 Å². The minimum atomic E-state index is -0.875. The number of nitrogens with zero attached hydrogens (tertiary/aromatic N) is 2. The molecule has 1 aromatic heterocycles. The van der Waals surface area contributed by atoms with Crippen LogP contribution in [0.2, 0.25) is 0 Å². The second-order valence-corrected chi connectivity index (χ2v) is 3.86. The Kier molecular flexibility index (Phi) is 2.89. The molecule has 1 amide bonds. The van der Waals surface area contributed by atoms with Gasteiger partial charge in [-0.25, -0.2) is 0 Å². The normalized spacial score (nSPS) is 14.8. The summed E-state index contributed by atoms with van der Waals surface area (Å²) < 4.78 is 1.47. The molecule has 1 heterocycles. The molecule has 1 aliphatic rings. The monoisotopic (exact) mass is 223 g/mol. The van der Waals surface area contributed by atoms with Gasteiger partial charge in [-0.2, -0.15) is 5.10 Å². The van der Waals surface area contributed by atoms with E-state index in [1.807, 2.05) is 0 Å². The van der Waals surface area contributed by atoms with Gasteiger partial charge in [0.1, 0.15) is 5.69 Å². The zero-order chi connectivity index (χ0) is 11.5. The Morgan fingerprint density at radius 1 is 1.56 bits per heavy atom. The fourth-order valence-corrected chi connectivity index (χ4v) is 1.30. The van der Waals surface area contributed by atoms with Crippen LogP contribution in [0.15, 0.2) is 12.3 Å². The van der Waals surface area contributed by atoms with Gasteiger partial charge in [0.05, 0.1) is 13.0 Å². The molecule has 0 radical (unpaired) electrons. The fraction of sp³-hybridized carbons (Fsp3) is 0.500. The van der Waals surface area contributed by atoms with Gasteiger partial charge in [-0.1, -0.05) is 0 Å². The third kappa shape index (κ3) is 2.82. The summed E-state index contributed by atoms with van der Waals surface area (Å²) in [7, 11) is 0. The van der Waals surface area contributed by atoms with Crippen molar-refractivity contribution in [3.8, 4) is 0 Å². The molecule has 0 unspecified atom stereocenters. The summed E-state index contributed by atoms with van der Waals surface area (Å²) in [5, 5.41) is 15.3. The number of aliphatic carboxylic acids is 1. The molecule has 1 aromatic rings. The Hall–Kier alpha value is -1.85. The van der Waals surface area contributed by atoms with Crippen LogP contribution in [-0.2, 0) is 11.3 Å². The summed E-state index contributed by atoms with van der Waals surface area (Å²) in [4.78, 5) is 21.9. The highest BCUT2D eigenvalue weighted by Gasteiger charge is 2.24. The predicted molar refractivity (Wildman–Crippen MR) is 55.0 cm³/mol. The molecule has 6 nitrogen and oxygen atoms in total. The second-order valence-electron chi connectivity index (χ2n) is 3.86. The second kappa shape index (κ2) is 4.34. The highest BCUT2D eigenvalue weighted by Crippen LogP contribution is 2.18. The number of nitrogens with one attached hydrogen (secondary N) is 1. The number of aryl methyl sites for hydroxylation is 1. The van der Waals surface area contributed by atoms with E-state index in [1.54, 1.807) is 12.3 Å². The van der Waals surface area contributed by atoms with E-state index in [9.17, 15) is 9.59 Å². The molecule has 1 aliphatic carbocycles. The molecule has 0 saturated heterocycles. The maximum Gasteiger partial charge on any atom is 0.305 e. The first-order valence-electron chi connectivity index (χ1n) is 5.21. The summed E-state index contributed by atoms with van der Waals surface area (Å²) >= 11 is 0. The van der Waals surface area contributed by atoms with Gasteiger partial charge in [0.25, 0.3) is 5.91 Å². The van der Waals surface area contributed by atoms with Crippen LogP contribution in [0.1, 0.15) is 29.8 Å². The van der Waals surface area contributed by atoms with Gasteiger partial charge >= 0.3 is 5.97 Å². The van der Waals surface area contributed by atoms with E-state index >= 15 is 0 Å². The minimum absolute atomic E-state index is 0.00532. The van der Waals surface area contributed by atoms with Crippen LogP contribution in [0.3, 0.4) is 0 Å². The summed E-state index contributed by atoms with van der Waals surface area (Å²) in [6.07, 6.45) is 3.69. The quantitative estimate of drug-likeness (QED) is 0.749. The maximum absolute atomic E-state index is 11.5. The fourth-order valence-electron chi connectivity index (χ4n) is 1.30. The van der Waals surface area contributed by atoms with Crippen LogP contribution in [-0.4, -0.2) is 32.8 Å². The van der Waals surface area contributed by atoms with Crippen molar-refractivity contribution in [1.82, 2.24) is 15.1 Å². The van der Waals surface area contributed by atoms with Crippen molar-refractivity contribution in [2.24, 2.45) is 0 Å². The van der Waals surface area contributed by atoms with Crippen molar-refractivity contribution in [2.75, 3.05) is 0 Å². The lowest BCUT2D eigenvalue weighted by Crippen LogP contribution is -2.26. The highest BCUT2D eigenvalue weighted by atomic mass is 16.4. The van der Waals surface area contributed by atoms with Crippen molar-refractivity contribution < 1.29 is 14.7 Å². The zero-order valence-electron chi connectivity index (χ0n) is 8.72. The van der Waals surface area contributed by atoms with Crippen LogP contribution in [0.4, 0.5) is 0 Å². The van der Waals surface area contributed by atoms with Gasteiger partial charge < -0.3 is 10.4 Å². The van der Waals surface area contributed by atoms with Crippen LogP contribution in [0.25, 0.3) is 0 Å². The number of hydrogen-bond donors (Lipinski definition) is 2.